The second-order valence-electron chi connectivity index (χ2n) is 8.00. The lowest BCUT2D eigenvalue weighted by Crippen LogP contribution is -2.32. The summed E-state index contributed by atoms with van der Waals surface area (Å²) in [6, 6.07) is 0. The summed E-state index contributed by atoms with van der Waals surface area (Å²) in [6.07, 6.45) is 3.09. The van der Waals surface area contributed by atoms with Crippen LogP contribution < -0.4 is 0 Å². The monoisotopic (exact) mass is 239 g/mol. The SMILES string of the molecule is CC(C)(C)CC(=O)N1CCC(CC(C)(C)C)C1. The lowest BCUT2D eigenvalue weighted by atomic mass is 9.84. The molecule has 1 aliphatic heterocycles. The first-order valence-corrected chi connectivity index (χ1v) is 6.85. The van der Waals surface area contributed by atoms with Crippen molar-refractivity contribution in [3.8, 4) is 0 Å². The number of hydrogen-bond donors (Lipinski definition) is 0. The second kappa shape index (κ2) is 4.99. The van der Waals surface area contributed by atoms with Gasteiger partial charge >= 0.3 is 0 Å². The maximum Gasteiger partial charge on any atom is 0.223 e. The van der Waals surface area contributed by atoms with Gasteiger partial charge in [0.1, 0.15) is 0 Å². The van der Waals surface area contributed by atoms with E-state index in [0.29, 0.717) is 23.7 Å². The van der Waals surface area contributed by atoms with Crippen LogP contribution in [0.4, 0.5) is 0 Å². The molecule has 1 unspecified atom stereocenters. The van der Waals surface area contributed by atoms with Crippen molar-refractivity contribution >= 4 is 5.91 Å². The molecule has 1 heterocycles. The van der Waals surface area contributed by atoms with Crippen LogP contribution >= 0.6 is 0 Å². The standard InChI is InChI=1S/C15H29NO/c1-14(2,3)9-12-7-8-16(11-12)13(17)10-15(4,5)6/h12H,7-11H2,1-6H3. The summed E-state index contributed by atoms with van der Waals surface area (Å²) in [5.41, 5.74) is 0.493. The molecule has 0 N–H and O–H groups in total. The predicted octanol–water partition coefficient (Wildman–Crippen LogP) is 3.71. The molecule has 0 radical (unpaired) electrons. The van der Waals surface area contributed by atoms with Crippen molar-refractivity contribution in [1.82, 2.24) is 4.90 Å². The fourth-order valence-corrected chi connectivity index (χ4v) is 2.66. The minimum absolute atomic E-state index is 0.110. The van der Waals surface area contributed by atoms with Gasteiger partial charge in [-0.1, -0.05) is 41.5 Å². The fraction of sp³-hybridized carbons (Fsp3) is 0.933. The number of likely N-dealkylation sites (tertiary alicyclic amines) is 1. The topological polar surface area (TPSA) is 20.3 Å². The van der Waals surface area contributed by atoms with Crippen LogP contribution in [0.5, 0.6) is 0 Å². The van der Waals surface area contributed by atoms with Gasteiger partial charge in [0, 0.05) is 19.5 Å². The normalized spacial score (nSPS) is 22.0. The van der Waals surface area contributed by atoms with Crippen molar-refractivity contribution in [3.05, 3.63) is 0 Å². The van der Waals surface area contributed by atoms with Gasteiger partial charge in [0.15, 0.2) is 0 Å². The maximum atomic E-state index is 12.1. The molecular weight excluding hydrogens is 210 g/mol. The summed E-state index contributed by atoms with van der Waals surface area (Å²) in [6.45, 7) is 15.2. The van der Waals surface area contributed by atoms with Crippen LogP contribution in [0.15, 0.2) is 0 Å². The molecule has 100 valence electrons. The Bertz CT molecular complexity index is 270. The third-order valence-electron chi connectivity index (χ3n) is 3.22. The zero-order valence-electron chi connectivity index (χ0n) is 12.5. The van der Waals surface area contributed by atoms with Crippen LogP contribution in [-0.2, 0) is 4.79 Å². The summed E-state index contributed by atoms with van der Waals surface area (Å²) in [4.78, 5) is 14.2. The summed E-state index contributed by atoms with van der Waals surface area (Å²) < 4.78 is 0. The van der Waals surface area contributed by atoms with Crippen molar-refractivity contribution in [3.63, 3.8) is 0 Å². The number of hydrogen-bond acceptors (Lipinski definition) is 1. The molecule has 1 amide bonds. The van der Waals surface area contributed by atoms with Gasteiger partial charge in [0.2, 0.25) is 5.91 Å². The molecule has 0 spiro atoms. The summed E-state index contributed by atoms with van der Waals surface area (Å²) in [5.74, 6) is 1.05. The number of nitrogens with zero attached hydrogens (tertiary/aromatic N) is 1. The van der Waals surface area contributed by atoms with E-state index in [-0.39, 0.29) is 5.41 Å². The Balaban J connectivity index is 2.43. The van der Waals surface area contributed by atoms with E-state index in [9.17, 15) is 4.79 Å². The average Bonchev–Trinajstić information content (AvgIpc) is 2.45. The van der Waals surface area contributed by atoms with Crippen LogP contribution in [0.25, 0.3) is 0 Å². The molecule has 0 aromatic heterocycles. The van der Waals surface area contributed by atoms with Crippen LogP contribution in [0, 0.1) is 16.7 Å². The van der Waals surface area contributed by atoms with E-state index in [0.717, 1.165) is 13.1 Å². The molecule has 17 heavy (non-hydrogen) atoms. The van der Waals surface area contributed by atoms with Crippen LogP contribution in [0.2, 0.25) is 0 Å². The van der Waals surface area contributed by atoms with E-state index >= 15 is 0 Å². The van der Waals surface area contributed by atoms with Gasteiger partial charge in [0.05, 0.1) is 0 Å². The van der Waals surface area contributed by atoms with Crippen LogP contribution in [-0.4, -0.2) is 23.9 Å². The Labute approximate surface area is 107 Å². The van der Waals surface area contributed by atoms with Crippen molar-refractivity contribution in [2.75, 3.05) is 13.1 Å². The molecule has 1 rings (SSSR count). The van der Waals surface area contributed by atoms with Crippen molar-refractivity contribution in [2.24, 2.45) is 16.7 Å². The van der Waals surface area contributed by atoms with Gasteiger partial charge < -0.3 is 4.90 Å². The number of rotatable bonds is 2. The number of carbonyl (C=O) groups excluding carboxylic acids is 1. The lowest BCUT2D eigenvalue weighted by Gasteiger charge is -2.25. The van der Waals surface area contributed by atoms with E-state index < -0.39 is 0 Å². The highest BCUT2D eigenvalue weighted by Gasteiger charge is 2.30. The first kappa shape index (κ1) is 14.5. The third-order valence-corrected chi connectivity index (χ3v) is 3.22. The first-order valence-electron chi connectivity index (χ1n) is 6.85. The summed E-state index contributed by atoms with van der Waals surface area (Å²) in [7, 11) is 0. The average molecular weight is 239 g/mol. The van der Waals surface area contributed by atoms with Gasteiger partial charge in [-0.2, -0.15) is 0 Å². The molecule has 1 aliphatic rings. The van der Waals surface area contributed by atoms with Crippen LogP contribution in [0.3, 0.4) is 0 Å². The smallest absolute Gasteiger partial charge is 0.223 e. The highest BCUT2D eigenvalue weighted by atomic mass is 16.2. The van der Waals surface area contributed by atoms with Gasteiger partial charge in [0.25, 0.3) is 0 Å². The van der Waals surface area contributed by atoms with Crippen molar-refractivity contribution < 1.29 is 4.79 Å². The minimum Gasteiger partial charge on any atom is -0.342 e. The quantitative estimate of drug-likeness (QED) is 0.719. The Morgan fingerprint density at radius 1 is 1.12 bits per heavy atom. The fourth-order valence-electron chi connectivity index (χ4n) is 2.66. The molecule has 0 saturated carbocycles. The maximum absolute atomic E-state index is 12.1. The van der Waals surface area contributed by atoms with Gasteiger partial charge in [-0.3, -0.25) is 4.79 Å². The molecular formula is C15H29NO. The molecule has 0 bridgehead atoms. The Hall–Kier alpha value is -0.530. The Kier molecular flexibility index (Phi) is 4.27. The lowest BCUT2D eigenvalue weighted by molar-refractivity contribution is -0.132. The molecule has 1 saturated heterocycles. The molecule has 0 aromatic carbocycles. The molecule has 0 aliphatic carbocycles. The van der Waals surface area contributed by atoms with Crippen LogP contribution in [0.1, 0.15) is 60.8 Å². The minimum atomic E-state index is 0.110. The third kappa shape index (κ3) is 5.56. The number of amides is 1. The summed E-state index contributed by atoms with van der Waals surface area (Å²) >= 11 is 0. The second-order valence-corrected chi connectivity index (χ2v) is 8.00. The Morgan fingerprint density at radius 2 is 1.71 bits per heavy atom. The van der Waals surface area contributed by atoms with E-state index in [4.69, 9.17) is 0 Å². The first-order chi connectivity index (χ1) is 7.57. The zero-order valence-corrected chi connectivity index (χ0v) is 12.5. The molecule has 2 nitrogen and oxygen atoms in total. The van der Waals surface area contributed by atoms with E-state index in [2.05, 4.69) is 46.4 Å². The predicted molar refractivity (Wildman–Crippen MR) is 72.8 cm³/mol. The van der Waals surface area contributed by atoms with E-state index in [1.165, 1.54) is 12.8 Å². The van der Waals surface area contributed by atoms with E-state index in [1.807, 2.05) is 0 Å². The highest BCUT2D eigenvalue weighted by molar-refractivity contribution is 5.77. The highest BCUT2D eigenvalue weighted by Crippen LogP contribution is 2.31. The molecule has 2 heteroatoms. The van der Waals surface area contributed by atoms with E-state index in [1.54, 1.807) is 0 Å². The van der Waals surface area contributed by atoms with Crippen molar-refractivity contribution in [2.45, 2.75) is 60.8 Å². The largest absolute Gasteiger partial charge is 0.342 e. The number of carbonyl (C=O) groups is 1. The van der Waals surface area contributed by atoms with Gasteiger partial charge in [-0.05, 0) is 29.6 Å². The van der Waals surface area contributed by atoms with Crippen molar-refractivity contribution in [1.29, 1.82) is 0 Å². The molecule has 1 atom stereocenters. The molecule has 0 aromatic rings. The van der Waals surface area contributed by atoms with Gasteiger partial charge in [-0.25, -0.2) is 0 Å². The zero-order chi connectivity index (χ0) is 13.3. The molecule has 1 fully saturated rings. The Morgan fingerprint density at radius 3 is 2.18 bits per heavy atom. The summed E-state index contributed by atoms with van der Waals surface area (Å²) in [5, 5.41) is 0. The van der Waals surface area contributed by atoms with Gasteiger partial charge in [-0.15, -0.1) is 0 Å².